The smallest absolute Gasteiger partial charge is 0.375 e. The number of carbonyl (C=O) groups is 2. The van der Waals surface area contributed by atoms with E-state index in [1.807, 2.05) is 0 Å². The fourth-order valence-electron chi connectivity index (χ4n) is 0.513. The summed E-state index contributed by atoms with van der Waals surface area (Å²) >= 11 is 3.80. The van der Waals surface area contributed by atoms with E-state index in [2.05, 4.69) is 22.7 Å². The Balaban J connectivity index is 2.58. The van der Waals surface area contributed by atoms with Crippen molar-refractivity contribution in [3.8, 4) is 0 Å². The summed E-state index contributed by atoms with van der Waals surface area (Å²) in [7, 11) is 0. The molecule has 1 unspecified atom stereocenters. The number of nitrogens with one attached hydrogen (secondary N) is 1. The predicted molar refractivity (Wildman–Crippen MR) is 32.3 cm³/mol. The molecule has 0 radical (unpaired) electrons. The van der Waals surface area contributed by atoms with Gasteiger partial charge in [0, 0.05) is 5.75 Å². The van der Waals surface area contributed by atoms with Gasteiger partial charge in [0.2, 0.25) is 0 Å². The molecule has 0 saturated carbocycles. The first-order chi connectivity index (χ1) is 4.24. The van der Waals surface area contributed by atoms with Crippen LogP contribution in [0.15, 0.2) is 0 Å². The predicted octanol–water partition coefficient (Wildman–Crippen LogP) is -0.449. The Labute approximate surface area is 57.0 Å². The Kier molecular flexibility index (Phi) is 1.61. The van der Waals surface area contributed by atoms with Gasteiger partial charge in [-0.2, -0.15) is 12.6 Å². The molecule has 1 aliphatic rings. The minimum Gasteiger partial charge on any atom is -0.375 e. The molecule has 1 rings (SSSR count). The zero-order chi connectivity index (χ0) is 6.85. The number of amides is 1. The van der Waals surface area contributed by atoms with E-state index in [0.29, 0.717) is 0 Å². The monoisotopic (exact) mass is 147 g/mol. The number of rotatable bonds is 1. The van der Waals surface area contributed by atoms with Crippen LogP contribution in [0.2, 0.25) is 0 Å². The maximum absolute atomic E-state index is 10.5. The second kappa shape index (κ2) is 2.26. The molecular formula is C4H5NO3S. The maximum atomic E-state index is 10.5. The summed E-state index contributed by atoms with van der Waals surface area (Å²) in [6, 6.07) is -0.555. The lowest BCUT2D eigenvalue weighted by molar-refractivity contribution is -0.134. The van der Waals surface area contributed by atoms with Crippen LogP contribution in [0.4, 0.5) is 4.79 Å². The van der Waals surface area contributed by atoms with Gasteiger partial charge in [-0.1, -0.05) is 0 Å². The zero-order valence-electron chi connectivity index (χ0n) is 4.46. The van der Waals surface area contributed by atoms with Crippen LogP contribution in [-0.4, -0.2) is 23.9 Å². The fourth-order valence-corrected chi connectivity index (χ4v) is 0.754. The van der Waals surface area contributed by atoms with Crippen molar-refractivity contribution in [1.82, 2.24) is 5.32 Å². The highest BCUT2D eigenvalue weighted by molar-refractivity contribution is 7.80. The van der Waals surface area contributed by atoms with Gasteiger partial charge in [-0.15, -0.1) is 0 Å². The van der Waals surface area contributed by atoms with Gasteiger partial charge in [-0.3, -0.25) is 0 Å². The van der Waals surface area contributed by atoms with E-state index in [1.165, 1.54) is 0 Å². The van der Waals surface area contributed by atoms with Gasteiger partial charge in [0.15, 0.2) is 0 Å². The third-order valence-electron chi connectivity index (χ3n) is 0.952. The van der Waals surface area contributed by atoms with Crippen LogP contribution in [0.5, 0.6) is 0 Å². The van der Waals surface area contributed by atoms with Gasteiger partial charge >= 0.3 is 12.1 Å². The van der Waals surface area contributed by atoms with Crippen LogP contribution in [0.3, 0.4) is 0 Å². The van der Waals surface area contributed by atoms with Crippen molar-refractivity contribution in [2.45, 2.75) is 6.04 Å². The molecular weight excluding hydrogens is 142 g/mol. The third kappa shape index (κ3) is 1.16. The quantitative estimate of drug-likeness (QED) is 0.300. The van der Waals surface area contributed by atoms with Crippen LogP contribution >= 0.6 is 12.6 Å². The number of thiol groups is 1. The molecule has 1 heterocycles. The average Bonchev–Trinajstić information content (AvgIpc) is 2.10. The standard InChI is InChI=1S/C4H5NO3S/c6-3-2(1-9)5-4(7)8-3/h2,9H,1H2,(H,5,7). The number of hydrogen-bond acceptors (Lipinski definition) is 4. The lowest BCUT2D eigenvalue weighted by Gasteiger charge is -1.95. The summed E-state index contributed by atoms with van der Waals surface area (Å²) in [6.07, 6.45) is -0.681. The highest BCUT2D eigenvalue weighted by atomic mass is 32.1. The van der Waals surface area contributed by atoms with E-state index in [-0.39, 0.29) is 5.75 Å². The minimum atomic E-state index is -0.681. The lowest BCUT2D eigenvalue weighted by Crippen LogP contribution is -2.30. The summed E-state index contributed by atoms with van der Waals surface area (Å²) in [6.45, 7) is 0. The van der Waals surface area contributed by atoms with Crippen LogP contribution in [0.25, 0.3) is 0 Å². The summed E-state index contributed by atoms with van der Waals surface area (Å²) in [5.74, 6) is -0.264. The average molecular weight is 147 g/mol. The van der Waals surface area contributed by atoms with E-state index in [4.69, 9.17) is 0 Å². The Morgan fingerprint density at radius 3 is 2.56 bits per heavy atom. The van der Waals surface area contributed by atoms with Gasteiger partial charge in [-0.25, -0.2) is 9.59 Å². The SMILES string of the molecule is O=C1NC(CS)C(=O)O1. The molecule has 0 spiro atoms. The van der Waals surface area contributed by atoms with Gasteiger partial charge in [-0.05, 0) is 0 Å². The molecule has 0 aromatic carbocycles. The molecule has 9 heavy (non-hydrogen) atoms. The first kappa shape index (κ1) is 6.41. The molecule has 50 valence electrons. The summed E-state index contributed by atoms with van der Waals surface area (Å²) in [4.78, 5) is 20.7. The van der Waals surface area contributed by atoms with Gasteiger partial charge < -0.3 is 10.1 Å². The van der Waals surface area contributed by atoms with Crippen LogP contribution in [-0.2, 0) is 9.53 Å². The maximum Gasteiger partial charge on any atom is 0.415 e. The van der Waals surface area contributed by atoms with Gasteiger partial charge in [0.05, 0.1) is 0 Å². The van der Waals surface area contributed by atoms with Crippen molar-refractivity contribution >= 4 is 24.7 Å². The molecule has 5 heteroatoms. The first-order valence-electron chi connectivity index (χ1n) is 2.37. The fraction of sp³-hybridized carbons (Fsp3) is 0.500. The van der Waals surface area contributed by atoms with Crippen molar-refractivity contribution in [3.63, 3.8) is 0 Å². The Bertz CT molecular complexity index is 158. The second-order valence-electron chi connectivity index (χ2n) is 1.59. The molecule has 0 aliphatic carbocycles. The van der Waals surface area contributed by atoms with E-state index in [1.54, 1.807) is 0 Å². The van der Waals surface area contributed by atoms with Crippen molar-refractivity contribution in [3.05, 3.63) is 0 Å². The normalized spacial score (nSPS) is 25.7. The third-order valence-corrected chi connectivity index (χ3v) is 1.32. The molecule has 1 atom stereocenters. The lowest BCUT2D eigenvalue weighted by atomic mass is 10.4. The van der Waals surface area contributed by atoms with Crippen molar-refractivity contribution in [2.75, 3.05) is 5.75 Å². The summed E-state index contributed by atoms with van der Waals surface area (Å²) < 4.78 is 4.13. The first-order valence-corrected chi connectivity index (χ1v) is 3.00. The Hall–Kier alpha value is -0.710. The van der Waals surface area contributed by atoms with Crippen molar-refractivity contribution in [1.29, 1.82) is 0 Å². The molecule has 0 aromatic rings. The highest BCUT2D eigenvalue weighted by Gasteiger charge is 2.30. The molecule has 4 nitrogen and oxygen atoms in total. The number of hydrogen-bond donors (Lipinski definition) is 2. The number of alkyl carbamates (subject to hydrolysis) is 1. The summed E-state index contributed by atoms with van der Waals surface area (Å²) in [5, 5.41) is 2.27. The highest BCUT2D eigenvalue weighted by Crippen LogP contribution is 2.00. The van der Waals surface area contributed by atoms with Crippen LogP contribution in [0.1, 0.15) is 0 Å². The Morgan fingerprint density at radius 1 is 1.67 bits per heavy atom. The van der Waals surface area contributed by atoms with E-state index in [0.717, 1.165) is 0 Å². The topological polar surface area (TPSA) is 55.4 Å². The van der Waals surface area contributed by atoms with E-state index >= 15 is 0 Å². The molecule has 0 bridgehead atoms. The Morgan fingerprint density at radius 2 is 2.33 bits per heavy atom. The largest absolute Gasteiger partial charge is 0.415 e. The molecule has 1 N–H and O–H groups in total. The number of ether oxygens (including phenoxy) is 1. The summed E-state index contributed by atoms with van der Waals surface area (Å²) in [5.41, 5.74) is 0. The minimum absolute atomic E-state index is 0.282. The van der Waals surface area contributed by atoms with Crippen LogP contribution in [0, 0.1) is 0 Å². The van der Waals surface area contributed by atoms with E-state index in [9.17, 15) is 9.59 Å². The van der Waals surface area contributed by atoms with Crippen molar-refractivity contribution < 1.29 is 14.3 Å². The number of cyclic esters (lactones) is 2. The van der Waals surface area contributed by atoms with Gasteiger partial charge in [0.25, 0.3) is 0 Å². The zero-order valence-corrected chi connectivity index (χ0v) is 5.35. The van der Waals surface area contributed by atoms with Crippen LogP contribution < -0.4 is 5.32 Å². The van der Waals surface area contributed by atoms with Crippen molar-refractivity contribution in [2.24, 2.45) is 0 Å². The number of esters is 1. The molecule has 1 aliphatic heterocycles. The number of carbonyl (C=O) groups excluding carboxylic acids is 2. The molecule has 1 saturated heterocycles. The molecule has 1 amide bonds. The second-order valence-corrected chi connectivity index (χ2v) is 1.95. The van der Waals surface area contributed by atoms with E-state index < -0.39 is 18.1 Å². The molecule has 1 fully saturated rings. The molecule has 0 aromatic heterocycles. The van der Waals surface area contributed by atoms with Gasteiger partial charge in [0.1, 0.15) is 6.04 Å².